The Labute approximate surface area is 135 Å². The second-order valence-electron chi connectivity index (χ2n) is 5.74. The monoisotopic (exact) mass is 358 g/mol. The number of hydrogen-bond donors (Lipinski definition) is 2. The van der Waals surface area contributed by atoms with E-state index in [1.165, 1.54) is 17.6 Å². The van der Waals surface area contributed by atoms with Gasteiger partial charge >= 0.3 is 8.03 Å². The Morgan fingerprint density at radius 1 is 1.67 bits per heavy atom. The molecule has 2 aromatic rings. The molecule has 4 rings (SSSR count). The van der Waals surface area contributed by atoms with Crippen LogP contribution < -0.4 is 11.3 Å². The van der Waals surface area contributed by atoms with Crippen LogP contribution in [0.4, 0.5) is 10.3 Å². The van der Waals surface area contributed by atoms with Crippen molar-refractivity contribution in [3.8, 4) is 0 Å². The van der Waals surface area contributed by atoms with Crippen LogP contribution in [-0.2, 0) is 18.6 Å². The molecule has 2 aromatic heterocycles. The zero-order valence-corrected chi connectivity index (χ0v) is 13.4. The lowest BCUT2D eigenvalue weighted by molar-refractivity contribution is -0.180. The third-order valence-corrected chi connectivity index (χ3v) is 4.66. The van der Waals surface area contributed by atoms with E-state index in [1.807, 2.05) is 0 Å². The number of ether oxygens (including phenoxy) is 2. The molecular formula is C12H14FN5O5P+. The first kappa shape index (κ1) is 15.6. The van der Waals surface area contributed by atoms with Crippen LogP contribution in [0.5, 0.6) is 0 Å². The fraction of sp³-hybridized carbons (Fsp3) is 0.583. The zero-order chi connectivity index (χ0) is 17.1. The summed E-state index contributed by atoms with van der Waals surface area (Å²) < 4.78 is 43.6. The number of rotatable bonds is 4. The third kappa shape index (κ3) is 2.16. The number of nitrogens with zero attached hydrogens (tertiary/aromatic N) is 3. The first-order valence-corrected chi connectivity index (χ1v) is 8.73. The summed E-state index contributed by atoms with van der Waals surface area (Å²) in [5.74, 6) is -0.0869. The molecule has 0 amide bonds. The van der Waals surface area contributed by atoms with Crippen LogP contribution in [-0.4, -0.2) is 57.3 Å². The van der Waals surface area contributed by atoms with Crippen LogP contribution in [0.1, 0.15) is 6.23 Å². The first-order valence-electron chi connectivity index (χ1n) is 7.11. The maximum absolute atomic E-state index is 14.7. The van der Waals surface area contributed by atoms with Gasteiger partial charge in [0.2, 0.25) is 5.95 Å². The third-order valence-electron chi connectivity index (χ3n) is 4.16. The largest absolute Gasteiger partial charge is 0.504 e. The number of aromatic amines is 1. The van der Waals surface area contributed by atoms with Crippen molar-refractivity contribution in [1.29, 1.82) is 0 Å². The number of halogens is 1. The number of nitrogen functional groups attached to an aromatic ring is 1. The highest BCUT2D eigenvalue weighted by Crippen LogP contribution is 2.48. The minimum Gasteiger partial charge on any atom is -0.369 e. The van der Waals surface area contributed by atoms with E-state index < -0.39 is 37.7 Å². The van der Waals surface area contributed by atoms with Crippen molar-refractivity contribution in [2.75, 3.05) is 25.6 Å². The summed E-state index contributed by atoms with van der Waals surface area (Å²) >= 11 is 0. The second-order valence-corrected chi connectivity index (χ2v) is 6.88. The molecule has 10 nitrogen and oxygen atoms in total. The van der Waals surface area contributed by atoms with Gasteiger partial charge in [0.25, 0.3) is 5.56 Å². The smallest absolute Gasteiger partial charge is 0.369 e. The van der Waals surface area contributed by atoms with Crippen LogP contribution in [0.3, 0.4) is 0 Å². The van der Waals surface area contributed by atoms with Gasteiger partial charge in [-0.25, -0.2) is 9.37 Å². The quantitative estimate of drug-likeness (QED) is 0.735. The molecule has 0 saturated carbocycles. The number of imidazole rings is 1. The molecule has 2 aliphatic heterocycles. The summed E-state index contributed by atoms with van der Waals surface area (Å²) in [7, 11) is -1.90. The molecule has 0 aliphatic carbocycles. The predicted octanol–water partition coefficient (Wildman–Crippen LogP) is 0.0951. The van der Waals surface area contributed by atoms with Gasteiger partial charge < -0.3 is 15.2 Å². The Balaban J connectivity index is 1.72. The fourth-order valence-corrected chi connectivity index (χ4v) is 3.43. The van der Waals surface area contributed by atoms with Gasteiger partial charge in [0, 0.05) is 0 Å². The van der Waals surface area contributed by atoms with E-state index in [0.717, 1.165) is 0 Å². The molecule has 128 valence electrons. The molecular weight excluding hydrogens is 344 g/mol. The van der Waals surface area contributed by atoms with Crippen LogP contribution in [0.15, 0.2) is 11.1 Å². The van der Waals surface area contributed by atoms with E-state index in [-0.39, 0.29) is 30.3 Å². The second kappa shape index (κ2) is 5.28. The molecule has 2 bridgehead atoms. The number of alkyl halides is 1. The number of fused-ring (bicyclic) bond motifs is 3. The Kier molecular flexibility index (Phi) is 3.43. The minimum absolute atomic E-state index is 0.0126. The number of nitrogens with two attached hydrogens (primary N) is 1. The summed E-state index contributed by atoms with van der Waals surface area (Å²) in [6, 6.07) is 0. The van der Waals surface area contributed by atoms with E-state index in [1.54, 1.807) is 0 Å². The summed E-state index contributed by atoms with van der Waals surface area (Å²) in [5, 5.41) is 0. The number of aromatic nitrogens is 4. The molecule has 12 heteroatoms. The molecule has 2 saturated heterocycles. The summed E-state index contributed by atoms with van der Waals surface area (Å²) in [6.07, 6.45) is -1.95. The van der Waals surface area contributed by atoms with Gasteiger partial charge in [-0.15, -0.1) is 4.52 Å². The fourth-order valence-electron chi connectivity index (χ4n) is 3.03. The lowest BCUT2D eigenvalue weighted by atomic mass is 10.0. The Morgan fingerprint density at radius 3 is 3.21 bits per heavy atom. The Hall–Kier alpha value is -1.94. The van der Waals surface area contributed by atoms with Gasteiger partial charge in [-0.05, 0) is 4.57 Å². The van der Waals surface area contributed by atoms with Crippen molar-refractivity contribution in [1.82, 2.24) is 19.5 Å². The van der Waals surface area contributed by atoms with Crippen molar-refractivity contribution in [3.05, 3.63) is 16.7 Å². The van der Waals surface area contributed by atoms with Crippen molar-refractivity contribution in [2.24, 2.45) is 0 Å². The highest BCUT2D eigenvalue weighted by Gasteiger charge is 2.64. The van der Waals surface area contributed by atoms with Gasteiger partial charge in [0.15, 0.2) is 35.8 Å². The minimum atomic E-state index is -1.90. The summed E-state index contributed by atoms with van der Waals surface area (Å²) in [4.78, 5) is 22.2. The van der Waals surface area contributed by atoms with E-state index in [9.17, 15) is 13.8 Å². The lowest BCUT2D eigenvalue weighted by Crippen LogP contribution is -2.42. The van der Waals surface area contributed by atoms with Crippen molar-refractivity contribution in [2.45, 2.75) is 24.1 Å². The van der Waals surface area contributed by atoms with E-state index in [0.29, 0.717) is 0 Å². The lowest BCUT2D eigenvalue weighted by Gasteiger charge is -2.28. The van der Waals surface area contributed by atoms with Crippen molar-refractivity contribution >= 4 is 25.1 Å². The summed E-state index contributed by atoms with van der Waals surface area (Å²) in [5.41, 5.74) is 3.94. The molecule has 1 unspecified atom stereocenters. The number of H-pyrrole nitrogens is 1. The maximum atomic E-state index is 14.7. The first-order chi connectivity index (χ1) is 11.4. The molecule has 5 atom stereocenters. The van der Waals surface area contributed by atoms with Gasteiger partial charge in [-0.1, -0.05) is 0 Å². The van der Waals surface area contributed by atoms with Gasteiger partial charge in [0.1, 0.15) is 12.7 Å². The van der Waals surface area contributed by atoms with E-state index in [4.69, 9.17) is 19.7 Å². The van der Waals surface area contributed by atoms with Gasteiger partial charge in [-0.2, -0.15) is 4.98 Å². The predicted molar refractivity (Wildman–Crippen MR) is 79.5 cm³/mol. The summed E-state index contributed by atoms with van der Waals surface area (Å²) in [6.45, 7) is 1.16. The maximum Gasteiger partial charge on any atom is 0.504 e. The van der Waals surface area contributed by atoms with Crippen LogP contribution >= 0.6 is 8.03 Å². The molecule has 2 aliphatic rings. The van der Waals surface area contributed by atoms with Crippen molar-refractivity contribution in [3.63, 3.8) is 0 Å². The normalized spacial score (nSPS) is 32.6. The SMILES string of the molecule is C[P+](=O)OC[C@@]12CO[C@@H]([C@H](n3cnc4c(=O)[nH]c(N)nc43)O1)[C@@H]2F. The molecule has 24 heavy (non-hydrogen) atoms. The average Bonchev–Trinajstić information content (AvgIpc) is 3.15. The number of anilines is 1. The molecule has 0 radical (unpaired) electrons. The highest BCUT2D eigenvalue weighted by molar-refractivity contribution is 7.38. The van der Waals surface area contributed by atoms with Crippen molar-refractivity contribution < 1.29 is 23.0 Å². The van der Waals surface area contributed by atoms with E-state index >= 15 is 0 Å². The average molecular weight is 358 g/mol. The van der Waals surface area contributed by atoms with Gasteiger partial charge in [0.05, 0.1) is 12.9 Å². The van der Waals surface area contributed by atoms with Gasteiger partial charge in [-0.3, -0.25) is 14.3 Å². The zero-order valence-electron chi connectivity index (χ0n) is 12.5. The van der Waals surface area contributed by atoms with E-state index in [2.05, 4.69) is 15.0 Å². The molecule has 3 N–H and O–H groups in total. The van der Waals surface area contributed by atoms with Crippen LogP contribution in [0.2, 0.25) is 0 Å². The van der Waals surface area contributed by atoms with Crippen LogP contribution in [0.25, 0.3) is 11.2 Å². The molecule has 0 spiro atoms. The molecule has 2 fully saturated rings. The van der Waals surface area contributed by atoms with Crippen LogP contribution in [0, 0.1) is 0 Å². The highest BCUT2D eigenvalue weighted by atomic mass is 31.1. The standard InChI is InChI=1S/C12H13FN5O5P/c1-24(20)22-3-12-2-21-6(7(12)13)10(23-12)18-4-15-5-8(18)16-11(14)17-9(5)19/h4,6-7,10H,2-3H2,1H3,(H2-,14,16,17,19)/p+1/t6-,7+,10-,12-/m1/s1. The molecule has 0 aromatic carbocycles. The number of nitrogens with one attached hydrogen (secondary N) is 1. The Morgan fingerprint density at radius 2 is 2.46 bits per heavy atom. The number of hydrogen-bond acceptors (Lipinski definition) is 8. The molecule has 4 heterocycles. The topological polar surface area (TPSA) is 134 Å². The Bertz CT molecular complexity index is 886.